The van der Waals surface area contributed by atoms with Gasteiger partial charge in [-0.25, -0.2) is 0 Å². The first-order valence-electron chi connectivity index (χ1n) is 7.19. The fourth-order valence-electron chi connectivity index (χ4n) is 2.45. The van der Waals surface area contributed by atoms with E-state index in [2.05, 4.69) is 29.5 Å². The van der Waals surface area contributed by atoms with E-state index in [0.717, 1.165) is 18.4 Å². The third-order valence-corrected chi connectivity index (χ3v) is 3.43. The van der Waals surface area contributed by atoms with Crippen molar-refractivity contribution in [3.05, 3.63) is 0 Å². The van der Waals surface area contributed by atoms with Crippen LogP contribution in [0.25, 0.3) is 0 Å². The van der Waals surface area contributed by atoms with Crippen LogP contribution < -0.4 is 10.6 Å². The SMILES string of the molecule is CN=C(NCC1CCCCCCC1)NC(C)C.I. The number of nitrogens with zero attached hydrogens (tertiary/aromatic N) is 1. The Kier molecular flexibility index (Phi) is 10.9. The van der Waals surface area contributed by atoms with Gasteiger partial charge in [0.25, 0.3) is 0 Å². The third kappa shape index (κ3) is 8.16. The highest BCUT2D eigenvalue weighted by Gasteiger charge is 2.11. The minimum Gasteiger partial charge on any atom is -0.356 e. The van der Waals surface area contributed by atoms with Gasteiger partial charge in [0.15, 0.2) is 5.96 Å². The number of rotatable bonds is 3. The van der Waals surface area contributed by atoms with Crippen molar-refractivity contribution in [2.45, 2.75) is 64.8 Å². The molecule has 4 heteroatoms. The molecule has 0 saturated heterocycles. The molecule has 0 aromatic carbocycles. The van der Waals surface area contributed by atoms with Crippen LogP contribution in [0.5, 0.6) is 0 Å². The minimum absolute atomic E-state index is 0. The predicted molar refractivity (Wildman–Crippen MR) is 90.9 cm³/mol. The van der Waals surface area contributed by atoms with Crippen LogP contribution in [0.2, 0.25) is 0 Å². The van der Waals surface area contributed by atoms with Gasteiger partial charge >= 0.3 is 0 Å². The monoisotopic (exact) mass is 367 g/mol. The lowest BCUT2D eigenvalue weighted by atomic mass is 9.91. The first-order valence-corrected chi connectivity index (χ1v) is 7.19. The molecule has 3 nitrogen and oxygen atoms in total. The molecular formula is C14H30IN3. The molecule has 18 heavy (non-hydrogen) atoms. The number of hydrogen-bond acceptors (Lipinski definition) is 1. The Morgan fingerprint density at radius 1 is 1.11 bits per heavy atom. The first kappa shape index (κ1) is 18.0. The van der Waals surface area contributed by atoms with Gasteiger partial charge in [0.2, 0.25) is 0 Å². The Bertz CT molecular complexity index is 221. The molecule has 0 bridgehead atoms. The molecule has 1 fully saturated rings. The van der Waals surface area contributed by atoms with E-state index in [1.807, 2.05) is 7.05 Å². The maximum absolute atomic E-state index is 4.25. The average Bonchev–Trinajstić information content (AvgIpc) is 2.25. The Balaban J connectivity index is 0.00000289. The van der Waals surface area contributed by atoms with Gasteiger partial charge in [-0.3, -0.25) is 4.99 Å². The van der Waals surface area contributed by atoms with E-state index in [4.69, 9.17) is 0 Å². The summed E-state index contributed by atoms with van der Waals surface area (Å²) in [5.74, 6) is 1.78. The summed E-state index contributed by atoms with van der Waals surface area (Å²) >= 11 is 0. The fourth-order valence-corrected chi connectivity index (χ4v) is 2.45. The quantitative estimate of drug-likeness (QED) is 0.455. The van der Waals surface area contributed by atoms with Crippen LogP contribution in [0, 0.1) is 5.92 Å². The topological polar surface area (TPSA) is 36.4 Å². The van der Waals surface area contributed by atoms with E-state index in [1.165, 1.54) is 44.9 Å². The highest BCUT2D eigenvalue weighted by Crippen LogP contribution is 2.21. The smallest absolute Gasteiger partial charge is 0.191 e. The normalized spacial score (nSPS) is 18.8. The van der Waals surface area contributed by atoms with Gasteiger partial charge in [0, 0.05) is 19.6 Å². The van der Waals surface area contributed by atoms with Gasteiger partial charge < -0.3 is 10.6 Å². The fraction of sp³-hybridized carbons (Fsp3) is 0.929. The van der Waals surface area contributed by atoms with Crippen LogP contribution in [-0.2, 0) is 0 Å². The van der Waals surface area contributed by atoms with Crippen molar-refractivity contribution in [3.8, 4) is 0 Å². The number of halogens is 1. The van der Waals surface area contributed by atoms with E-state index in [1.54, 1.807) is 0 Å². The van der Waals surface area contributed by atoms with Crippen molar-refractivity contribution >= 4 is 29.9 Å². The van der Waals surface area contributed by atoms with Crippen molar-refractivity contribution in [1.82, 2.24) is 10.6 Å². The summed E-state index contributed by atoms with van der Waals surface area (Å²) in [7, 11) is 1.84. The van der Waals surface area contributed by atoms with Crippen LogP contribution >= 0.6 is 24.0 Å². The van der Waals surface area contributed by atoms with Crippen molar-refractivity contribution in [3.63, 3.8) is 0 Å². The predicted octanol–water partition coefficient (Wildman–Crippen LogP) is 3.54. The Hall–Kier alpha value is 0. The summed E-state index contributed by atoms with van der Waals surface area (Å²) < 4.78 is 0. The van der Waals surface area contributed by atoms with Gasteiger partial charge in [-0.05, 0) is 32.6 Å². The number of guanidine groups is 1. The zero-order valence-electron chi connectivity index (χ0n) is 12.2. The molecule has 0 aromatic rings. The maximum Gasteiger partial charge on any atom is 0.191 e. The van der Waals surface area contributed by atoms with Gasteiger partial charge in [-0.1, -0.05) is 32.1 Å². The molecule has 1 aliphatic rings. The number of aliphatic imine (C=N–C) groups is 1. The molecule has 0 atom stereocenters. The second-order valence-corrected chi connectivity index (χ2v) is 5.46. The molecule has 0 radical (unpaired) electrons. The molecule has 0 amide bonds. The zero-order chi connectivity index (χ0) is 12.5. The van der Waals surface area contributed by atoms with Crippen molar-refractivity contribution in [1.29, 1.82) is 0 Å². The Morgan fingerprint density at radius 3 is 2.17 bits per heavy atom. The summed E-state index contributed by atoms with van der Waals surface area (Å²) in [6.45, 7) is 5.36. The molecule has 0 aromatic heterocycles. The molecule has 1 aliphatic carbocycles. The van der Waals surface area contributed by atoms with Crippen molar-refractivity contribution < 1.29 is 0 Å². The lowest BCUT2D eigenvalue weighted by Crippen LogP contribution is -2.42. The maximum atomic E-state index is 4.25. The van der Waals surface area contributed by atoms with E-state index in [0.29, 0.717) is 6.04 Å². The zero-order valence-corrected chi connectivity index (χ0v) is 14.5. The second-order valence-electron chi connectivity index (χ2n) is 5.46. The molecule has 0 unspecified atom stereocenters. The van der Waals surface area contributed by atoms with Gasteiger partial charge in [-0.2, -0.15) is 0 Å². The van der Waals surface area contributed by atoms with Crippen LogP contribution in [-0.4, -0.2) is 25.6 Å². The third-order valence-electron chi connectivity index (χ3n) is 3.43. The molecule has 108 valence electrons. The van der Waals surface area contributed by atoms with E-state index >= 15 is 0 Å². The van der Waals surface area contributed by atoms with Gasteiger partial charge in [0.1, 0.15) is 0 Å². The average molecular weight is 367 g/mol. The summed E-state index contributed by atoms with van der Waals surface area (Å²) in [5, 5.41) is 6.79. The van der Waals surface area contributed by atoms with E-state index in [-0.39, 0.29) is 24.0 Å². The van der Waals surface area contributed by atoms with Gasteiger partial charge in [-0.15, -0.1) is 24.0 Å². The van der Waals surface area contributed by atoms with Crippen molar-refractivity contribution in [2.75, 3.05) is 13.6 Å². The lowest BCUT2D eigenvalue weighted by molar-refractivity contribution is 0.374. The molecule has 0 heterocycles. The number of hydrogen-bond donors (Lipinski definition) is 2. The van der Waals surface area contributed by atoms with Crippen LogP contribution in [0.4, 0.5) is 0 Å². The molecular weight excluding hydrogens is 337 g/mol. The standard InChI is InChI=1S/C14H29N3.HI/c1-12(2)17-14(15-3)16-11-13-9-7-5-4-6-8-10-13;/h12-13H,4-11H2,1-3H3,(H2,15,16,17);1H. The van der Waals surface area contributed by atoms with Crippen LogP contribution in [0.15, 0.2) is 4.99 Å². The minimum atomic E-state index is 0. The van der Waals surface area contributed by atoms with Crippen LogP contribution in [0.1, 0.15) is 58.8 Å². The highest BCUT2D eigenvalue weighted by molar-refractivity contribution is 14.0. The number of nitrogens with one attached hydrogen (secondary N) is 2. The van der Waals surface area contributed by atoms with Crippen LogP contribution in [0.3, 0.4) is 0 Å². The molecule has 1 rings (SSSR count). The Labute approximate surface area is 130 Å². The molecule has 2 N–H and O–H groups in total. The highest BCUT2D eigenvalue weighted by atomic mass is 127. The summed E-state index contributed by atoms with van der Waals surface area (Å²) in [5.41, 5.74) is 0. The van der Waals surface area contributed by atoms with E-state index in [9.17, 15) is 0 Å². The molecule has 0 spiro atoms. The second kappa shape index (κ2) is 10.9. The molecule has 1 saturated carbocycles. The summed E-state index contributed by atoms with van der Waals surface area (Å²) in [6, 6.07) is 0.443. The summed E-state index contributed by atoms with van der Waals surface area (Å²) in [4.78, 5) is 4.25. The lowest BCUT2D eigenvalue weighted by Gasteiger charge is -2.22. The molecule has 0 aliphatic heterocycles. The first-order chi connectivity index (χ1) is 8.22. The summed E-state index contributed by atoms with van der Waals surface area (Å²) in [6.07, 6.45) is 9.87. The van der Waals surface area contributed by atoms with Gasteiger partial charge in [0.05, 0.1) is 0 Å². The largest absolute Gasteiger partial charge is 0.356 e. The van der Waals surface area contributed by atoms with E-state index < -0.39 is 0 Å². The van der Waals surface area contributed by atoms with Crippen molar-refractivity contribution in [2.24, 2.45) is 10.9 Å². The Morgan fingerprint density at radius 2 is 1.67 bits per heavy atom.